The lowest BCUT2D eigenvalue weighted by atomic mass is 9.72. The summed E-state index contributed by atoms with van der Waals surface area (Å²) in [6.45, 7) is 8.54. The fraction of sp³-hybridized carbons (Fsp3) is 0.370. The molecule has 0 unspecified atom stereocenters. The number of nitro groups is 1. The Kier molecular flexibility index (Phi) is 12.1. The van der Waals surface area contributed by atoms with Crippen molar-refractivity contribution >= 4 is 61.1 Å². The summed E-state index contributed by atoms with van der Waals surface area (Å²) >= 11 is 6.23. The zero-order chi connectivity index (χ0) is 43.8. The monoisotopic (exact) mass is 886 g/mol. The molecule has 1 aliphatic heterocycles. The first-order valence-electron chi connectivity index (χ1n) is 20.8. The number of anilines is 2. The van der Waals surface area contributed by atoms with Gasteiger partial charge in [-0.05, 0) is 109 Å². The van der Waals surface area contributed by atoms with E-state index in [0.717, 1.165) is 72.6 Å². The molecule has 3 aliphatic rings. The number of alkyl halides is 2. The molecule has 12 nitrogen and oxygen atoms in total. The fourth-order valence-electron chi connectivity index (χ4n) is 8.69. The second-order valence-electron chi connectivity index (χ2n) is 17.3. The molecular formula is C46H49ClF2N6O6S. The van der Waals surface area contributed by atoms with Gasteiger partial charge in [-0.2, -0.15) is 0 Å². The van der Waals surface area contributed by atoms with Crippen LogP contribution in [0.1, 0.15) is 74.7 Å². The lowest BCUT2D eigenvalue weighted by Crippen LogP contribution is -2.47. The molecular weight excluding hydrogens is 838 g/mol. The molecule has 3 N–H and O–H groups in total. The number of ether oxygens (including phenoxy) is 1. The number of piperazine rings is 1. The van der Waals surface area contributed by atoms with Gasteiger partial charge in [-0.25, -0.2) is 21.9 Å². The summed E-state index contributed by atoms with van der Waals surface area (Å²) in [7, 11) is -4.64. The van der Waals surface area contributed by atoms with Gasteiger partial charge < -0.3 is 19.9 Å². The van der Waals surface area contributed by atoms with E-state index in [2.05, 4.69) is 50.8 Å². The number of halogens is 3. The van der Waals surface area contributed by atoms with Crippen LogP contribution < -0.4 is 19.7 Å². The van der Waals surface area contributed by atoms with Crippen molar-refractivity contribution in [2.45, 2.75) is 75.7 Å². The van der Waals surface area contributed by atoms with Crippen LogP contribution in [0.25, 0.3) is 16.5 Å². The summed E-state index contributed by atoms with van der Waals surface area (Å²) < 4.78 is 63.2. The molecule has 5 aromatic rings. The van der Waals surface area contributed by atoms with Crippen molar-refractivity contribution in [1.82, 2.24) is 14.6 Å². The third kappa shape index (κ3) is 9.90. The van der Waals surface area contributed by atoms with Crippen LogP contribution in [0.2, 0.25) is 5.02 Å². The minimum Gasteiger partial charge on any atom is -0.456 e. The Morgan fingerprint density at radius 2 is 1.69 bits per heavy atom. The van der Waals surface area contributed by atoms with Gasteiger partial charge in [0.1, 0.15) is 17.2 Å². The van der Waals surface area contributed by atoms with Crippen LogP contribution >= 0.6 is 11.6 Å². The van der Waals surface area contributed by atoms with E-state index in [0.29, 0.717) is 18.8 Å². The molecule has 2 fully saturated rings. The number of nitro benzene ring substituents is 1. The average molecular weight is 887 g/mol. The maximum absolute atomic E-state index is 13.9. The minimum atomic E-state index is -4.64. The third-order valence-electron chi connectivity index (χ3n) is 12.3. The Hall–Kier alpha value is -5.51. The van der Waals surface area contributed by atoms with Gasteiger partial charge in [0.25, 0.3) is 21.6 Å². The van der Waals surface area contributed by atoms with E-state index in [-0.39, 0.29) is 48.1 Å². The number of carbonyl (C=O) groups excluding carboxylic acids is 1. The number of H-pyrrole nitrogens is 1. The van der Waals surface area contributed by atoms with Crippen LogP contribution in [0.4, 0.5) is 25.8 Å². The van der Waals surface area contributed by atoms with E-state index in [1.807, 2.05) is 30.3 Å². The summed E-state index contributed by atoms with van der Waals surface area (Å²) in [5, 5.41) is 16.6. The highest BCUT2D eigenvalue weighted by Crippen LogP contribution is 2.44. The van der Waals surface area contributed by atoms with Crippen molar-refractivity contribution in [2.24, 2.45) is 5.41 Å². The van der Waals surface area contributed by atoms with Gasteiger partial charge in [0, 0.05) is 91.5 Å². The number of nitrogens with one attached hydrogen (secondary N) is 3. The molecule has 62 heavy (non-hydrogen) atoms. The van der Waals surface area contributed by atoms with Gasteiger partial charge >= 0.3 is 0 Å². The van der Waals surface area contributed by atoms with Crippen LogP contribution in [-0.2, 0) is 10.0 Å². The van der Waals surface area contributed by atoms with E-state index < -0.39 is 43.4 Å². The highest BCUT2D eigenvalue weighted by atomic mass is 35.5. The van der Waals surface area contributed by atoms with E-state index in [1.165, 1.54) is 28.8 Å². The zero-order valence-electron chi connectivity index (χ0n) is 34.6. The van der Waals surface area contributed by atoms with Crippen molar-refractivity contribution in [3.05, 3.63) is 123 Å². The molecule has 1 saturated carbocycles. The quantitative estimate of drug-likeness (QED) is 0.0822. The molecule has 0 bridgehead atoms. The normalized spacial score (nSPS) is 18.4. The van der Waals surface area contributed by atoms with E-state index in [9.17, 15) is 32.1 Å². The maximum Gasteiger partial charge on any atom is 0.293 e. The molecule has 2 aliphatic carbocycles. The van der Waals surface area contributed by atoms with Crippen LogP contribution in [-0.4, -0.2) is 73.8 Å². The molecule has 0 radical (unpaired) electrons. The maximum atomic E-state index is 13.9. The fourth-order valence-corrected chi connectivity index (χ4v) is 9.80. The molecule has 16 heteroatoms. The number of amides is 1. The number of allylic oxidation sites excluding steroid dienone is 1. The Bertz CT molecular complexity index is 2630. The first-order valence-corrected chi connectivity index (χ1v) is 22.7. The highest BCUT2D eigenvalue weighted by Gasteiger charge is 2.36. The van der Waals surface area contributed by atoms with Crippen molar-refractivity contribution in [3.8, 4) is 11.5 Å². The second kappa shape index (κ2) is 17.3. The summed E-state index contributed by atoms with van der Waals surface area (Å²) in [5.74, 6) is -3.23. The first kappa shape index (κ1) is 43.2. The molecule has 1 saturated heterocycles. The number of hydrogen-bond acceptors (Lipinski definition) is 9. The Morgan fingerprint density at radius 1 is 0.952 bits per heavy atom. The smallest absolute Gasteiger partial charge is 0.293 e. The van der Waals surface area contributed by atoms with Gasteiger partial charge in [0.2, 0.25) is 5.92 Å². The molecule has 0 spiro atoms. The Balaban J connectivity index is 1.01. The van der Waals surface area contributed by atoms with Gasteiger partial charge in [-0.15, -0.1) is 0 Å². The largest absolute Gasteiger partial charge is 0.456 e. The number of fused-ring (bicyclic) bond motifs is 1. The number of benzene rings is 4. The molecule has 2 heterocycles. The number of carbonyl (C=O) groups is 1. The number of rotatable bonds is 12. The lowest BCUT2D eigenvalue weighted by Gasteiger charge is -2.39. The standard InChI is InChI=1S/C46H49ClF2N6O6S/c1-45(2)17-13-32(39(28-45)30-3-5-33(47)6-4-30)29-53-21-23-54(24-22-53)35-7-10-38(43(26-35)61-36-8-11-40-31(25-36)16-20-50-40)44(56)52-62(59,60)37-9-12-41(42(27-37)55(57)58)51-34-14-18-46(48,49)19-15-34/h3-12,16,20,25-27,34,50-51H,13-15,17-19,21-24,28-29H2,1-2H3,(H,52,56). The van der Waals surface area contributed by atoms with E-state index >= 15 is 0 Å². The Labute approximate surface area is 364 Å². The lowest BCUT2D eigenvalue weighted by molar-refractivity contribution is -0.384. The van der Waals surface area contributed by atoms with Gasteiger partial charge in [0.15, 0.2) is 0 Å². The number of aromatic amines is 1. The van der Waals surface area contributed by atoms with Crippen molar-refractivity contribution < 1.29 is 31.7 Å². The highest BCUT2D eigenvalue weighted by molar-refractivity contribution is 7.90. The molecule has 8 rings (SSSR count). The SMILES string of the molecule is CC1(C)CCC(CN2CCN(c3ccc(C(=O)NS(=O)(=O)c4ccc(NC5CCC(F)(F)CC5)c([N+](=O)[O-])c4)c(Oc4ccc5[nH]ccc5c4)c3)CC2)=C(c2ccc(Cl)cc2)C1. The second-order valence-corrected chi connectivity index (χ2v) is 19.5. The molecule has 4 aromatic carbocycles. The predicted molar refractivity (Wildman–Crippen MR) is 238 cm³/mol. The topological polar surface area (TPSA) is 150 Å². The number of hydrogen-bond donors (Lipinski definition) is 3. The van der Waals surface area contributed by atoms with Crippen molar-refractivity contribution in [1.29, 1.82) is 0 Å². The summed E-state index contributed by atoms with van der Waals surface area (Å²) in [4.78, 5) is 32.5. The minimum absolute atomic E-state index is 0.000188. The Morgan fingerprint density at radius 3 is 2.42 bits per heavy atom. The molecule has 0 atom stereocenters. The van der Waals surface area contributed by atoms with Crippen LogP contribution in [0.3, 0.4) is 0 Å². The van der Waals surface area contributed by atoms with Crippen LogP contribution in [0, 0.1) is 15.5 Å². The van der Waals surface area contributed by atoms with Gasteiger partial charge in [0.05, 0.1) is 15.4 Å². The summed E-state index contributed by atoms with van der Waals surface area (Å²) in [6.07, 6.45) is 4.44. The van der Waals surface area contributed by atoms with Crippen molar-refractivity contribution in [3.63, 3.8) is 0 Å². The predicted octanol–water partition coefficient (Wildman–Crippen LogP) is 10.4. The molecule has 1 aromatic heterocycles. The zero-order valence-corrected chi connectivity index (χ0v) is 36.1. The number of sulfonamides is 1. The van der Waals surface area contributed by atoms with E-state index in [1.54, 1.807) is 24.4 Å². The van der Waals surface area contributed by atoms with Crippen LogP contribution in [0.5, 0.6) is 11.5 Å². The van der Waals surface area contributed by atoms with Crippen molar-refractivity contribution in [2.75, 3.05) is 42.9 Å². The summed E-state index contributed by atoms with van der Waals surface area (Å²) in [5.41, 5.74) is 5.34. The number of nitrogens with zero attached hydrogens (tertiary/aromatic N) is 3. The van der Waals surface area contributed by atoms with E-state index in [4.69, 9.17) is 16.3 Å². The van der Waals surface area contributed by atoms with Gasteiger partial charge in [-0.3, -0.25) is 19.8 Å². The third-order valence-corrected chi connectivity index (χ3v) is 13.9. The van der Waals surface area contributed by atoms with Gasteiger partial charge in [-0.1, -0.05) is 43.2 Å². The summed E-state index contributed by atoms with van der Waals surface area (Å²) in [6, 6.07) is 23.2. The first-order chi connectivity index (χ1) is 29.5. The van der Waals surface area contributed by atoms with Crippen LogP contribution in [0.15, 0.2) is 102 Å². The molecule has 326 valence electrons. The average Bonchev–Trinajstić information content (AvgIpc) is 3.71. The number of aromatic nitrogens is 1. The molecule has 1 amide bonds.